The molecule has 1 heterocycles. The fraction of sp³-hybridized carbons (Fsp3) is 0.300. The van der Waals surface area contributed by atoms with E-state index in [0.717, 1.165) is 18.4 Å². The van der Waals surface area contributed by atoms with Gasteiger partial charge in [0.25, 0.3) is 0 Å². The topological polar surface area (TPSA) is 38.9 Å². The summed E-state index contributed by atoms with van der Waals surface area (Å²) in [5.74, 6) is 6.03. The van der Waals surface area contributed by atoms with Gasteiger partial charge in [0.15, 0.2) is 0 Å². The smallest absolute Gasteiger partial charge is 0.0659 e. The summed E-state index contributed by atoms with van der Waals surface area (Å²) in [6.45, 7) is 2.10. The fourth-order valence-corrected chi connectivity index (χ4v) is 0.803. The summed E-state index contributed by atoms with van der Waals surface area (Å²) in [4.78, 5) is 3.88. The summed E-state index contributed by atoms with van der Waals surface area (Å²) in [6, 6.07) is 1.83. The number of nitrogen functional groups attached to an aromatic ring is 1. The predicted octanol–water partition coefficient (Wildman–Crippen LogP) is 1.82. The van der Waals surface area contributed by atoms with Gasteiger partial charge in [0.2, 0.25) is 0 Å². The molecule has 1 rings (SSSR count). The lowest BCUT2D eigenvalue weighted by molar-refractivity contribution is 0.983. The van der Waals surface area contributed by atoms with Crippen LogP contribution in [0.25, 0.3) is 0 Å². The Morgan fingerprint density at radius 3 is 3.08 bits per heavy atom. The number of hydrogen-bond donors (Lipinski definition) is 1. The monoisotopic (exact) mass is 160 g/mol. The van der Waals surface area contributed by atoms with E-state index in [9.17, 15) is 0 Å². The third-order valence-corrected chi connectivity index (χ3v) is 1.45. The molecular weight excluding hydrogens is 148 g/mol. The summed E-state index contributed by atoms with van der Waals surface area (Å²) < 4.78 is 0. The van der Waals surface area contributed by atoms with Gasteiger partial charge in [-0.25, -0.2) is 0 Å². The van der Waals surface area contributed by atoms with Gasteiger partial charge in [-0.1, -0.05) is 18.8 Å². The molecular formula is C10H12N2. The summed E-state index contributed by atoms with van der Waals surface area (Å²) in [5, 5.41) is 0. The number of hydrogen-bond acceptors (Lipinski definition) is 2. The number of nitrogens with zero attached hydrogens (tertiary/aromatic N) is 1. The summed E-state index contributed by atoms with van der Waals surface area (Å²) in [7, 11) is 0. The van der Waals surface area contributed by atoms with Crippen LogP contribution in [0.4, 0.5) is 5.69 Å². The van der Waals surface area contributed by atoms with Crippen molar-refractivity contribution in [3.8, 4) is 11.8 Å². The Balaban J connectivity index is 2.77. The first-order valence-corrected chi connectivity index (χ1v) is 4.03. The lowest BCUT2D eigenvalue weighted by atomic mass is 10.2. The molecule has 12 heavy (non-hydrogen) atoms. The molecule has 0 spiro atoms. The van der Waals surface area contributed by atoms with Gasteiger partial charge in [0.05, 0.1) is 17.4 Å². The van der Waals surface area contributed by atoms with E-state index in [4.69, 9.17) is 5.73 Å². The van der Waals surface area contributed by atoms with Crippen molar-refractivity contribution in [2.75, 3.05) is 5.73 Å². The zero-order chi connectivity index (χ0) is 8.81. The Hall–Kier alpha value is -1.49. The molecule has 0 aliphatic rings. The summed E-state index contributed by atoms with van der Waals surface area (Å²) in [5.41, 5.74) is 7.17. The van der Waals surface area contributed by atoms with Gasteiger partial charge < -0.3 is 5.73 Å². The first kappa shape index (κ1) is 8.61. The summed E-state index contributed by atoms with van der Waals surface area (Å²) in [6.07, 6.45) is 5.32. The van der Waals surface area contributed by atoms with E-state index < -0.39 is 0 Å². The van der Waals surface area contributed by atoms with Gasteiger partial charge in [0, 0.05) is 12.6 Å². The number of nitrogens with two attached hydrogens (primary N) is 1. The average Bonchev–Trinajstić information content (AvgIpc) is 2.09. The van der Waals surface area contributed by atoms with Crippen LogP contribution in [-0.4, -0.2) is 4.98 Å². The molecule has 2 N–H and O–H groups in total. The van der Waals surface area contributed by atoms with E-state index in [0.29, 0.717) is 5.69 Å². The normalized spacial score (nSPS) is 8.75. The van der Waals surface area contributed by atoms with Gasteiger partial charge in [-0.2, -0.15) is 0 Å². The van der Waals surface area contributed by atoms with Crippen molar-refractivity contribution in [3.63, 3.8) is 0 Å². The number of pyridine rings is 1. The fourth-order valence-electron chi connectivity index (χ4n) is 0.803. The van der Waals surface area contributed by atoms with E-state index >= 15 is 0 Å². The quantitative estimate of drug-likeness (QED) is 0.636. The van der Waals surface area contributed by atoms with Crippen LogP contribution in [0, 0.1) is 11.8 Å². The number of anilines is 1. The second kappa shape index (κ2) is 4.40. The lowest BCUT2D eigenvalue weighted by Gasteiger charge is -1.93. The van der Waals surface area contributed by atoms with Crippen LogP contribution in [0.1, 0.15) is 25.3 Å². The minimum absolute atomic E-state index is 0.654. The molecule has 1 aromatic heterocycles. The van der Waals surface area contributed by atoms with Crippen LogP contribution in [0.2, 0.25) is 0 Å². The summed E-state index contributed by atoms with van der Waals surface area (Å²) >= 11 is 0. The van der Waals surface area contributed by atoms with E-state index in [1.165, 1.54) is 0 Å². The molecule has 0 aromatic carbocycles. The van der Waals surface area contributed by atoms with Crippen LogP contribution >= 0.6 is 0 Å². The Morgan fingerprint density at radius 1 is 1.58 bits per heavy atom. The molecule has 0 bridgehead atoms. The van der Waals surface area contributed by atoms with Crippen molar-refractivity contribution in [1.82, 2.24) is 4.98 Å². The second-order valence-electron chi connectivity index (χ2n) is 2.51. The maximum Gasteiger partial charge on any atom is 0.0659 e. The first-order valence-electron chi connectivity index (χ1n) is 4.03. The molecule has 0 amide bonds. The van der Waals surface area contributed by atoms with E-state index in [1.54, 1.807) is 12.4 Å². The zero-order valence-electron chi connectivity index (χ0n) is 7.17. The zero-order valence-corrected chi connectivity index (χ0v) is 7.17. The average molecular weight is 160 g/mol. The highest BCUT2D eigenvalue weighted by Crippen LogP contribution is 2.05. The number of rotatable bonds is 1. The molecule has 0 aliphatic heterocycles. The molecule has 0 radical (unpaired) electrons. The SMILES string of the molecule is CCCC#Cc1ccncc1N. The van der Waals surface area contributed by atoms with Crippen molar-refractivity contribution in [2.45, 2.75) is 19.8 Å². The molecule has 1 aromatic rings. The van der Waals surface area contributed by atoms with Crippen molar-refractivity contribution >= 4 is 5.69 Å². The van der Waals surface area contributed by atoms with Gasteiger partial charge in [0.1, 0.15) is 0 Å². The van der Waals surface area contributed by atoms with Crippen LogP contribution in [0.5, 0.6) is 0 Å². The lowest BCUT2D eigenvalue weighted by Crippen LogP contribution is -1.90. The van der Waals surface area contributed by atoms with Crippen LogP contribution in [0.15, 0.2) is 18.5 Å². The second-order valence-corrected chi connectivity index (χ2v) is 2.51. The maximum atomic E-state index is 5.64. The molecule has 62 valence electrons. The van der Waals surface area contributed by atoms with Gasteiger partial charge in [-0.05, 0) is 12.5 Å². The first-order chi connectivity index (χ1) is 5.84. The number of aromatic nitrogens is 1. The molecule has 0 atom stereocenters. The Bertz CT molecular complexity index is 307. The molecule has 0 aliphatic carbocycles. The Kier molecular flexibility index (Phi) is 3.16. The van der Waals surface area contributed by atoms with E-state index in [1.807, 2.05) is 6.07 Å². The molecule has 2 heteroatoms. The molecule has 0 fully saturated rings. The Labute approximate surface area is 72.8 Å². The molecule has 0 unspecified atom stereocenters. The van der Waals surface area contributed by atoms with Crippen LogP contribution in [-0.2, 0) is 0 Å². The molecule has 0 saturated heterocycles. The highest BCUT2D eigenvalue weighted by molar-refractivity contribution is 5.53. The Morgan fingerprint density at radius 2 is 2.42 bits per heavy atom. The van der Waals surface area contributed by atoms with E-state index in [-0.39, 0.29) is 0 Å². The highest BCUT2D eigenvalue weighted by atomic mass is 14.7. The molecule has 0 saturated carbocycles. The maximum absolute atomic E-state index is 5.64. The van der Waals surface area contributed by atoms with Crippen molar-refractivity contribution in [1.29, 1.82) is 0 Å². The largest absolute Gasteiger partial charge is 0.396 e. The minimum Gasteiger partial charge on any atom is -0.396 e. The molecule has 2 nitrogen and oxygen atoms in total. The standard InChI is InChI=1S/C10H12N2/c1-2-3-4-5-9-6-7-12-8-10(9)11/h6-8H,2-3,11H2,1H3. The van der Waals surface area contributed by atoms with Crippen LogP contribution in [0.3, 0.4) is 0 Å². The van der Waals surface area contributed by atoms with Crippen molar-refractivity contribution < 1.29 is 0 Å². The van der Waals surface area contributed by atoms with Gasteiger partial charge in [-0.3, -0.25) is 4.98 Å². The van der Waals surface area contributed by atoms with Crippen molar-refractivity contribution in [2.24, 2.45) is 0 Å². The van der Waals surface area contributed by atoms with Crippen molar-refractivity contribution in [3.05, 3.63) is 24.0 Å². The van der Waals surface area contributed by atoms with E-state index in [2.05, 4.69) is 23.7 Å². The minimum atomic E-state index is 0.654. The van der Waals surface area contributed by atoms with Gasteiger partial charge in [-0.15, -0.1) is 0 Å². The van der Waals surface area contributed by atoms with Crippen LogP contribution < -0.4 is 5.73 Å². The van der Waals surface area contributed by atoms with Gasteiger partial charge >= 0.3 is 0 Å². The predicted molar refractivity (Wildman–Crippen MR) is 50.4 cm³/mol. The number of unbranched alkanes of at least 4 members (excludes halogenated alkanes) is 1. The highest BCUT2D eigenvalue weighted by Gasteiger charge is 1.90. The third kappa shape index (κ3) is 2.28. The third-order valence-electron chi connectivity index (χ3n) is 1.45.